The Morgan fingerprint density at radius 2 is 1.88 bits per heavy atom. The Morgan fingerprint density at radius 1 is 1.18 bits per heavy atom. The summed E-state index contributed by atoms with van der Waals surface area (Å²) in [7, 11) is 4.75. The Bertz CT molecular complexity index is 370. The van der Waals surface area contributed by atoms with E-state index in [2.05, 4.69) is 0 Å². The van der Waals surface area contributed by atoms with Gasteiger partial charge in [-0.3, -0.25) is 0 Å². The summed E-state index contributed by atoms with van der Waals surface area (Å²) in [5, 5.41) is 8.97. The smallest absolute Gasteiger partial charge is 0.161 e. The molecule has 0 bridgehead atoms. The van der Waals surface area contributed by atoms with Crippen molar-refractivity contribution in [3.63, 3.8) is 0 Å². The van der Waals surface area contributed by atoms with Crippen LogP contribution in [-0.2, 0) is 4.74 Å². The maximum Gasteiger partial charge on any atom is 0.161 e. The van der Waals surface area contributed by atoms with Gasteiger partial charge in [-0.15, -0.1) is 0 Å². The van der Waals surface area contributed by atoms with Crippen molar-refractivity contribution in [1.29, 1.82) is 0 Å². The van der Waals surface area contributed by atoms with Crippen molar-refractivity contribution in [2.45, 2.75) is 6.10 Å². The highest BCUT2D eigenvalue weighted by Gasteiger charge is 2.03. The first-order valence-electron chi connectivity index (χ1n) is 5.29. The Kier molecular flexibility index (Phi) is 5.52. The Labute approximate surface area is 101 Å². The predicted molar refractivity (Wildman–Crippen MR) is 66.5 cm³/mol. The highest BCUT2D eigenvalue weighted by Crippen LogP contribution is 2.27. The Balaban J connectivity index is 2.85. The highest BCUT2D eigenvalue weighted by molar-refractivity contribution is 5.56. The van der Waals surface area contributed by atoms with E-state index in [1.807, 2.05) is 24.3 Å². The molecule has 0 saturated carbocycles. The van der Waals surface area contributed by atoms with Crippen LogP contribution in [0, 0.1) is 0 Å². The predicted octanol–water partition coefficient (Wildman–Crippen LogP) is 1.72. The van der Waals surface area contributed by atoms with E-state index in [0.29, 0.717) is 11.5 Å². The molecule has 0 aliphatic carbocycles. The van der Waals surface area contributed by atoms with Gasteiger partial charge in [0.25, 0.3) is 0 Å². The minimum Gasteiger partial charge on any atom is -0.493 e. The molecule has 1 aromatic rings. The maximum atomic E-state index is 8.97. The van der Waals surface area contributed by atoms with Crippen molar-refractivity contribution < 1.29 is 19.3 Å². The van der Waals surface area contributed by atoms with Crippen LogP contribution in [0.15, 0.2) is 24.3 Å². The van der Waals surface area contributed by atoms with E-state index < -0.39 is 0 Å². The van der Waals surface area contributed by atoms with Gasteiger partial charge in [0.15, 0.2) is 11.5 Å². The van der Waals surface area contributed by atoms with Gasteiger partial charge in [-0.05, 0) is 17.7 Å². The minimum absolute atomic E-state index is 0.0414. The molecule has 1 N–H and O–H groups in total. The molecule has 1 atom stereocenters. The van der Waals surface area contributed by atoms with Gasteiger partial charge in [0.05, 0.1) is 26.9 Å². The molecule has 0 aliphatic rings. The molecule has 4 heteroatoms. The van der Waals surface area contributed by atoms with Crippen molar-refractivity contribution in [1.82, 2.24) is 0 Å². The first-order valence-corrected chi connectivity index (χ1v) is 5.29. The summed E-state index contributed by atoms with van der Waals surface area (Å²) in [6.07, 6.45) is 3.37. The van der Waals surface area contributed by atoms with Crippen LogP contribution in [0.4, 0.5) is 0 Å². The second-order valence-electron chi connectivity index (χ2n) is 3.43. The third-order valence-electron chi connectivity index (χ3n) is 2.39. The lowest BCUT2D eigenvalue weighted by atomic mass is 10.1. The molecule has 1 rings (SSSR count). The second kappa shape index (κ2) is 6.93. The fraction of sp³-hybridized carbons (Fsp3) is 0.385. The van der Waals surface area contributed by atoms with Crippen molar-refractivity contribution in [2.24, 2.45) is 0 Å². The average molecular weight is 238 g/mol. The molecule has 0 saturated heterocycles. The third-order valence-corrected chi connectivity index (χ3v) is 2.39. The van der Waals surface area contributed by atoms with Crippen LogP contribution in [0.3, 0.4) is 0 Å². The van der Waals surface area contributed by atoms with Crippen LogP contribution in [0.5, 0.6) is 11.5 Å². The first kappa shape index (κ1) is 13.5. The molecule has 0 aliphatic heterocycles. The van der Waals surface area contributed by atoms with Crippen molar-refractivity contribution in [3.8, 4) is 11.5 Å². The normalized spacial score (nSPS) is 12.7. The molecule has 0 heterocycles. The van der Waals surface area contributed by atoms with E-state index in [4.69, 9.17) is 19.3 Å². The second-order valence-corrected chi connectivity index (χ2v) is 3.43. The van der Waals surface area contributed by atoms with Crippen LogP contribution < -0.4 is 9.47 Å². The number of hydrogen-bond donors (Lipinski definition) is 1. The van der Waals surface area contributed by atoms with E-state index in [9.17, 15) is 0 Å². The van der Waals surface area contributed by atoms with E-state index in [1.165, 1.54) is 0 Å². The van der Waals surface area contributed by atoms with E-state index >= 15 is 0 Å². The van der Waals surface area contributed by atoms with Gasteiger partial charge >= 0.3 is 0 Å². The molecule has 0 aromatic heterocycles. The number of aliphatic hydroxyl groups is 1. The SMILES string of the molecule is COc1ccc(C=CC(CO)OC)cc1OC. The molecule has 1 unspecified atom stereocenters. The van der Waals surface area contributed by atoms with Gasteiger partial charge in [0, 0.05) is 7.11 Å². The summed E-state index contributed by atoms with van der Waals surface area (Å²) in [6.45, 7) is -0.0414. The standard InChI is InChI=1S/C13H18O4/c1-15-11(9-14)6-4-10-5-7-12(16-2)13(8-10)17-3/h4-8,11,14H,9H2,1-3H3. The van der Waals surface area contributed by atoms with Crippen LogP contribution in [0.2, 0.25) is 0 Å². The van der Waals surface area contributed by atoms with E-state index in [-0.39, 0.29) is 12.7 Å². The molecule has 4 nitrogen and oxygen atoms in total. The highest BCUT2D eigenvalue weighted by atomic mass is 16.5. The molecule has 94 valence electrons. The zero-order valence-electron chi connectivity index (χ0n) is 10.3. The van der Waals surface area contributed by atoms with Crippen molar-refractivity contribution in [2.75, 3.05) is 27.9 Å². The average Bonchev–Trinajstić information content (AvgIpc) is 2.39. The molecular weight excluding hydrogens is 220 g/mol. The monoisotopic (exact) mass is 238 g/mol. The van der Waals surface area contributed by atoms with Crippen molar-refractivity contribution >= 4 is 6.08 Å². The zero-order valence-corrected chi connectivity index (χ0v) is 10.3. The van der Waals surface area contributed by atoms with Crippen molar-refractivity contribution in [3.05, 3.63) is 29.8 Å². The van der Waals surface area contributed by atoms with Crippen LogP contribution >= 0.6 is 0 Å². The fourth-order valence-electron chi connectivity index (χ4n) is 1.39. The summed E-state index contributed by atoms with van der Waals surface area (Å²) in [5.74, 6) is 1.36. The fourth-order valence-corrected chi connectivity index (χ4v) is 1.39. The quantitative estimate of drug-likeness (QED) is 0.819. The molecule has 17 heavy (non-hydrogen) atoms. The number of benzene rings is 1. The number of hydrogen-bond acceptors (Lipinski definition) is 4. The van der Waals surface area contributed by atoms with Gasteiger partial charge in [0.1, 0.15) is 0 Å². The van der Waals surface area contributed by atoms with Gasteiger partial charge in [0.2, 0.25) is 0 Å². The third kappa shape index (κ3) is 3.76. The maximum absolute atomic E-state index is 8.97. The molecule has 1 aromatic carbocycles. The zero-order chi connectivity index (χ0) is 12.7. The number of rotatable bonds is 6. The van der Waals surface area contributed by atoms with Crippen LogP contribution in [0.1, 0.15) is 5.56 Å². The van der Waals surface area contributed by atoms with Crippen LogP contribution in [0.25, 0.3) is 6.08 Å². The van der Waals surface area contributed by atoms with Gasteiger partial charge in [-0.25, -0.2) is 0 Å². The minimum atomic E-state index is -0.289. The number of aliphatic hydroxyl groups excluding tert-OH is 1. The molecule has 0 spiro atoms. The van der Waals surface area contributed by atoms with E-state index in [1.54, 1.807) is 27.4 Å². The van der Waals surface area contributed by atoms with E-state index in [0.717, 1.165) is 5.56 Å². The first-order chi connectivity index (χ1) is 8.24. The summed E-state index contributed by atoms with van der Waals surface area (Å²) in [6, 6.07) is 5.60. The molecular formula is C13H18O4. The largest absolute Gasteiger partial charge is 0.493 e. The Morgan fingerprint density at radius 3 is 2.41 bits per heavy atom. The van der Waals surface area contributed by atoms with Gasteiger partial charge in [-0.1, -0.05) is 18.2 Å². The molecule has 0 amide bonds. The molecule has 0 fully saturated rings. The summed E-state index contributed by atoms with van der Waals surface area (Å²) >= 11 is 0. The summed E-state index contributed by atoms with van der Waals surface area (Å²) in [5.41, 5.74) is 0.957. The van der Waals surface area contributed by atoms with Gasteiger partial charge in [-0.2, -0.15) is 0 Å². The van der Waals surface area contributed by atoms with Crippen LogP contribution in [-0.4, -0.2) is 39.1 Å². The number of ether oxygens (including phenoxy) is 3. The number of methoxy groups -OCH3 is 3. The lowest BCUT2D eigenvalue weighted by Crippen LogP contribution is -2.11. The summed E-state index contributed by atoms with van der Waals surface area (Å²) < 4.78 is 15.4. The summed E-state index contributed by atoms with van der Waals surface area (Å²) in [4.78, 5) is 0. The topological polar surface area (TPSA) is 47.9 Å². The Hall–Kier alpha value is -1.52. The van der Waals surface area contributed by atoms with Gasteiger partial charge < -0.3 is 19.3 Å². The molecule has 0 radical (unpaired) electrons. The lowest BCUT2D eigenvalue weighted by Gasteiger charge is -2.08. The lowest BCUT2D eigenvalue weighted by molar-refractivity contribution is 0.0825.